The van der Waals surface area contributed by atoms with E-state index in [1.165, 1.54) is 0 Å². The zero-order valence-corrected chi connectivity index (χ0v) is 16.6. The van der Waals surface area contributed by atoms with Crippen molar-refractivity contribution in [2.45, 2.75) is 20.0 Å². The number of nitrogens with zero attached hydrogens (tertiary/aromatic N) is 7. The summed E-state index contributed by atoms with van der Waals surface area (Å²) in [5, 5.41) is 9.65. The minimum absolute atomic E-state index is 0.282. The Morgan fingerprint density at radius 2 is 1.62 bits per heavy atom. The van der Waals surface area contributed by atoms with Gasteiger partial charge in [0.05, 0.1) is 15.6 Å². The van der Waals surface area contributed by atoms with E-state index in [2.05, 4.69) is 30.0 Å². The molecule has 0 bridgehead atoms. The summed E-state index contributed by atoms with van der Waals surface area (Å²) in [6.45, 7) is 6.19. The van der Waals surface area contributed by atoms with Gasteiger partial charge in [-0.1, -0.05) is 0 Å². The van der Waals surface area contributed by atoms with E-state index in [1.54, 1.807) is 11.3 Å². The van der Waals surface area contributed by atoms with Gasteiger partial charge in [0.2, 0.25) is 0 Å². The van der Waals surface area contributed by atoms with Crippen molar-refractivity contribution in [3.8, 4) is 10.6 Å². The summed E-state index contributed by atoms with van der Waals surface area (Å²) < 4.78 is 38.6. The number of anilines is 2. The number of rotatable bonds is 3. The van der Waals surface area contributed by atoms with E-state index in [1.807, 2.05) is 30.9 Å². The van der Waals surface area contributed by atoms with Gasteiger partial charge in [0.1, 0.15) is 23.5 Å². The molecule has 3 aromatic rings. The lowest BCUT2D eigenvalue weighted by molar-refractivity contribution is -0.141. The number of thiazole rings is 1. The quantitative estimate of drug-likeness (QED) is 0.642. The molecule has 4 rings (SSSR count). The van der Waals surface area contributed by atoms with Gasteiger partial charge in [0.25, 0.3) is 0 Å². The highest BCUT2D eigenvalue weighted by Crippen LogP contribution is 2.30. The van der Waals surface area contributed by atoms with Crippen molar-refractivity contribution in [3.63, 3.8) is 0 Å². The Morgan fingerprint density at radius 1 is 0.931 bits per heavy atom. The fourth-order valence-corrected chi connectivity index (χ4v) is 4.11. The van der Waals surface area contributed by atoms with Crippen LogP contribution in [0.3, 0.4) is 0 Å². The Balaban J connectivity index is 1.43. The first-order valence-corrected chi connectivity index (χ1v) is 9.80. The molecule has 1 saturated heterocycles. The van der Waals surface area contributed by atoms with Crippen molar-refractivity contribution in [2.75, 3.05) is 36.0 Å². The smallest absolute Gasteiger partial charge is 0.353 e. The van der Waals surface area contributed by atoms with Gasteiger partial charge in [-0.15, -0.1) is 21.5 Å². The normalized spacial score (nSPS) is 15.1. The molecule has 7 nitrogen and oxygen atoms in total. The number of hydrogen-bond acceptors (Lipinski definition) is 8. The van der Waals surface area contributed by atoms with Crippen LogP contribution in [0, 0.1) is 13.8 Å². The first kappa shape index (κ1) is 19.5. The summed E-state index contributed by atoms with van der Waals surface area (Å²) in [6.07, 6.45) is -3.52. The lowest BCUT2D eigenvalue weighted by Gasteiger charge is -2.35. The van der Waals surface area contributed by atoms with Crippen LogP contribution in [0.5, 0.6) is 0 Å². The largest absolute Gasteiger partial charge is 0.433 e. The van der Waals surface area contributed by atoms with Crippen molar-refractivity contribution in [1.29, 1.82) is 0 Å². The Kier molecular flexibility index (Phi) is 5.07. The fourth-order valence-electron chi connectivity index (χ4n) is 3.22. The van der Waals surface area contributed by atoms with Crippen molar-refractivity contribution < 1.29 is 13.2 Å². The van der Waals surface area contributed by atoms with Crippen LogP contribution in [0.1, 0.15) is 16.4 Å². The van der Waals surface area contributed by atoms with Gasteiger partial charge in [0.15, 0.2) is 5.82 Å². The molecule has 0 spiro atoms. The zero-order valence-electron chi connectivity index (χ0n) is 15.8. The zero-order chi connectivity index (χ0) is 20.6. The molecule has 3 aromatic heterocycles. The molecule has 1 fully saturated rings. The third-order valence-electron chi connectivity index (χ3n) is 4.66. The molecule has 4 heterocycles. The second-order valence-electron chi connectivity index (χ2n) is 6.66. The number of aromatic nitrogens is 5. The minimum Gasteiger partial charge on any atom is -0.353 e. The minimum atomic E-state index is -4.48. The van der Waals surface area contributed by atoms with Gasteiger partial charge < -0.3 is 9.80 Å². The van der Waals surface area contributed by atoms with Crippen LogP contribution >= 0.6 is 11.3 Å². The third kappa shape index (κ3) is 4.14. The van der Waals surface area contributed by atoms with E-state index in [0.717, 1.165) is 39.5 Å². The topological polar surface area (TPSA) is 70.9 Å². The highest BCUT2D eigenvalue weighted by Gasteiger charge is 2.33. The van der Waals surface area contributed by atoms with Gasteiger partial charge >= 0.3 is 6.18 Å². The number of aryl methyl sites for hydroxylation is 2. The number of hydrogen-bond donors (Lipinski definition) is 0. The van der Waals surface area contributed by atoms with Crippen molar-refractivity contribution in [1.82, 2.24) is 25.1 Å². The van der Waals surface area contributed by atoms with E-state index in [0.29, 0.717) is 26.2 Å². The van der Waals surface area contributed by atoms with E-state index < -0.39 is 11.9 Å². The molecule has 29 heavy (non-hydrogen) atoms. The molecule has 0 aromatic carbocycles. The Labute approximate surface area is 169 Å². The summed E-state index contributed by atoms with van der Waals surface area (Å²) in [4.78, 5) is 16.6. The molecule has 0 N–H and O–H groups in total. The molecule has 0 aliphatic carbocycles. The van der Waals surface area contributed by atoms with E-state index in [-0.39, 0.29) is 5.82 Å². The molecule has 11 heteroatoms. The van der Waals surface area contributed by atoms with Crippen LogP contribution in [0.2, 0.25) is 0 Å². The maximum atomic E-state index is 12.9. The number of alkyl halides is 3. The number of piperazine rings is 1. The second-order valence-corrected chi connectivity index (χ2v) is 7.86. The summed E-state index contributed by atoms with van der Waals surface area (Å²) in [5.74, 6) is 1.02. The lowest BCUT2D eigenvalue weighted by Crippen LogP contribution is -2.47. The van der Waals surface area contributed by atoms with Gasteiger partial charge in [-0.2, -0.15) is 13.2 Å². The van der Waals surface area contributed by atoms with E-state index in [4.69, 9.17) is 0 Å². The molecule has 0 saturated carbocycles. The molecule has 152 valence electrons. The Bertz CT molecular complexity index is 995. The predicted molar refractivity (Wildman–Crippen MR) is 104 cm³/mol. The lowest BCUT2D eigenvalue weighted by atomic mass is 10.2. The van der Waals surface area contributed by atoms with E-state index in [9.17, 15) is 13.2 Å². The third-order valence-corrected chi connectivity index (χ3v) is 5.75. The molecule has 1 aliphatic heterocycles. The van der Waals surface area contributed by atoms with Crippen LogP contribution in [0.15, 0.2) is 24.5 Å². The summed E-state index contributed by atoms with van der Waals surface area (Å²) in [7, 11) is 0. The highest BCUT2D eigenvalue weighted by atomic mass is 32.1. The monoisotopic (exact) mass is 421 g/mol. The Morgan fingerprint density at radius 3 is 2.17 bits per heavy atom. The van der Waals surface area contributed by atoms with Gasteiger partial charge in [0, 0.05) is 32.2 Å². The van der Waals surface area contributed by atoms with Crippen LogP contribution in [0.25, 0.3) is 10.6 Å². The van der Waals surface area contributed by atoms with Crippen molar-refractivity contribution in [2.24, 2.45) is 0 Å². The van der Waals surface area contributed by atoms with Crippen molar-refractivity contribution >= 4 is 23.0 Å². The summed E-state index contributed by atoms with van der Waals surface area (Å²) >= 11 is 1.58. The number of halogens is 3. The predicted octanol–water partition coefficient (Wildman–Crippen LogP) is 3.35. The second kappa shape index (κ2) is 7.54. The highest BCUT2D eigenvalue weighted by molar-refractivity contribution is 7.15. The maximum absolute atomic E-state index is 12.9. The first-order valence-electron chi connectivity index (χ1n) is 8.98. The first-order chi connectivity index (χ1) is 13.8. The molecule has 0 unspecified atom stereocenters. The van der Waals surface area contributed by atoms with Crippen molar-refractivity contribution in [3.05, 3.63) is 40.9 Å². The molecule has 0 atom stereocenters. The SMILES string of the molecule is Cc1nc(C)c(-c2ccc(N3CCN(c4cc(C(F)(F)F)ncn4)CC3)nn2)s1. The van der Waals surface area contributed by atoms with Crippen LogP contribution in [-0.4, -0.2) is 51.3 Å². The average molecular weight is 421 g/mol. The standard InChI is InChI=1S/C18H18F3N7S/c1-11-17(29-12(2)24-11)13-3-4-15(26-25-13)27-5-7-28(8-6-27)16-9-14(18(19,20)21)22-10-23-16/h3-4,9-10H,5-8H2,1-2H3. The average Bonchev–Trinajstić information content (AvgIpc) is 3.06. The van der Waals surface area contributed by atoms with Gasteiger partial charge in [-0.3, -0.25) is 0 Å². The fraction of sp³-hybridized carbons (Fsp3) is 0.389. The molecular formula is C18H18F3N7S. The summed E-state index contributed by atoms with van der Waals surface area (Å²) in [5.41, 5.74) is 0.794. The van der Waals surface area contributed by atoms with Crippen LogP contribution in [-0.2, 0) is 6.18 Å². The van der Waals surface area contributed by atoms with Crippen LogP contribution < -0.4 is 9.80 Å². The molecule has 0 radical (unpaired) electrons. The van der Waals surface area contributed by atoms with Gasteiger partial charge in [-0.25, -0.2) is 15.0 Å². The molecule has 1 aliphatic rings. The summed E-state index contributed by atoms with van der Waals surface area (Å²) in [6, 6.07) is 4.83. The van der Waals surface area contributed by atoms with E-state index >= 15 is 0 Å². The van der Waals surface area contributed by atoms with Crippen LogP contribution in [0.4, 0.5) is 24.8 Å². The van der Waals surface area contributed by atoms with Gasteiger partial charge in [-0.05, 0) is 26.0 Å². The maximum Gasteiger partial charge on any atom is 0.433 e. The Hall–Kier alpha value is -2.82. The molecular weight excluding hydrogens is 403 g/mol. The molecule has 0 amide bonds.